The Morgan fingerprint density at radius 1 is 1.57 bits per heavy atom. The summed E-state index contributed by atoms with van der Waals surface area (Å²) in [5, 5.41) is 2.74. The molecule has 0 saturated heterocycles. The van der Waals surface area contributed by atoms with Crippen molar-refractivity contribution in [3.8, 4) is 0 Å². The van der Waals surface area contributed by atoms with Crippen molar-refractivity contribution in [3.63, 3.8) is 0 Å². The van der Waals surface area contributed by atoms with Gasteiger partial charge in [0, 0.05) is 4.47 Å². The molecule has 0 spiro atoms. The summed E-state index contributed by atoms with van der Waals surface area (Å²) >= 11 is 3.23. The van der Waals surface area contributed by atoms with E-state index in [-0.39, 0.29) is 17.6 Å². The molecule has 0 saturated carbocycles. The van der Waals surface area contributed by atoms with Crippen LogP contribution in [0.25, 0.3) is 0 Å². The van der Waals surface area contributed by atoms with Crippen molar-refractivity contribution in [1.29, 1.82) is 0 Å². The third-order valence-electron chi connectivity index (χ3n) is 2.43. The fourth-order valence-electron chi connectivity index (χ4n) is 1.76. The molecule has 0 fully saturated rings. The highest BCUT2D eigenvalue weighted by Gasteiger charge is 2.30. The van der Waals surface area contributed by atoms with E-state index in [0.717, 1.165) is 5.56 Å². The summed E-state index contributed by atoms with van der Waals surface area (Å²) in [6.45, 7) is 1.91. The number of rotatable bonds is 1. The lowest BCUT2D eigenvalue weighted by atomic mass is 9.98. The molecule has 1 amide bonds. The van der Waals surface area contributed by atoms with E-state index in [2.05, 4.69) is 21.2 Å². The van der Waals surface area contributed by atoms with Crippen molar-refractivity contribution in [2.75, 3.05) is 5.32 Å². The lowest BCUT2D eigenvalue weighted by molar-refractivity contribution is -0.117. The topological polar surface area (TPSA) is 29.1 Å². The molecule has 1 heterocycles. The van der Waals surface area contributed by atoms with Crippen LogP contribution in [0.15, 0.2) is 16.6 Å². The number of benzene rings is 1. The van der Waals surface area contributed by atoms with Crippen molar-refractivity contribution in [1.82, 2.24) is 0 Å². The van der Waals surface area contributed by atoms with Crippen molar-refractivity contribution >= 4 is 27.5 Å². The molecule has 2 rings (SSSR count). The fraction of sp³-hybridized carbons (Fsp3) is 0.300. The zero-order valence-electron chi connectivity index (χ0n) is 7.60. The molecule has 1 N–H and O–H groups in total. The molecule has 0 bridgehead atoms. The molecule has 1 unspecified atom stereocenters. The molecule has 0 radical (unpaired) electrons. The smallest absolute Gasteiger partial charge is 0.232 e. The van der Waals surface area contributed by atoms with Crippen LogP contribution >= 0.6 is 15.9 Å². The number of hydrogen-bond donors (Lipinski definition) is 1. The minimum Gasteiger partial charge on any atom is -0.324 e. The number of fused-ring (bicyclic) bond motifs is 1. The predicted octanol–water partition coefficient (Wildman–Crippen LogP) is 3.03. The molecule has 1 aliphatic rings. The van der Waals surface area contributed by atoms with E-state index in [1.165, 1.54) is 12.1 Å². The molecule has 74 valence electrons. The SMILES string of the molecule is CCC1C(=O)Nc2c(Br)cc(F)cc21. The molecular formula is C10H9BrFNO. The Morgan fingerprint density at radius 3 is 2.93 bits per heavy atom. The summed E-state index contributed by atoms with van der Waals surface area (Å²) < 4.78 is 13.7. The predicted molar refractivity (Wildman–Crippen MR) is 55.8 cm³/mol. The first-order valence-corrected chi connectivity index (χ1v) is 5.22. The maximum Gasteiger partial charge on any atom is 0.232 e. The fourth-order valence-corrected chi connectivity index (χ4v) is 2.30. The maximum atomic E-state index is 13.1. The molecule has 1 aliphatic heterocycles. The Morgan fingerprint density at radius 2 is 2.29 bits per heavy atom. The van der Waals surface area contributed by atoms with Crippen molar-refractivity contribution in [3.05, 3.63) is 28.0 Å². The molecule has 14 heavy (non-hydrogen) atoms. The van der Waals surface area contributed by atoms with Crippen LogP contribution in [0.1, 0.15) is 24.8 Å². The number of nitrogens with one attached hydrogen (secondary N) is 1. The highest BCUT2D eigenvalue weighted by Crippen LogP contribution is 2.39. The number of amides is 1. The number of halogens is 2. The summed E-state index contributed by atoms with van der Waals surface area (Å²) in [6.07, 6.45) is 0.689. The average molecular weight is 258 g/mol. The van der Waals surface area contributed by atoms with Crippen molar-refractivity contribution in [2.24, 2.45) is 0 Å². The zero-order valence-corrected chi connectivity index (χ0v) is 9.19. The van der Waals surface area contributed by atoms with E-state index < -0.39 is 0 Å². The molecule has 0 aliphatic carbocycles. The van der Waals surface area contributed by atoms with Crippen LogP contribution in [0.2, 0.25) is 0 Å². The lowest BCUT2D eigenvalue weighted by Gasteiger charge is -2.05. The molecule has 1 atom stereocenters. The molecule has 1 aromatic carbocycles. The van der Waals surface area contributed by atoms with Gasteiger partial charge in [0.2, 0.25) is 5.91 Å². The van der Waals surface area contributed by atoms with E-state index in [9.17, 15) is 9.18 Å². The van der Waals surface area contributed by atoms with Gasteiger partial charge in [-0.1, -0.05) is 6.92 Å². The summed E-state index contributed by atoms with van der Waals surface area (Å²) in [4.78, 5) is 11.5. The van der Waals surface area contributed by atoms with E-state index in [4.69, 9.17) is 0 Å². The highest BCUT2D eigenvalue weighted by atomic mass is 79.9. The van der Waals surface area contributed by atoms with Crippen LogP contribution < -0.4 is 5.32 Å². The first kappa shape index (κ1) is 9.65. The van der Waals surface area contributed by atoms with E-state index >= 15 is 0 Å². The number of hydrogen-bond acceptors (Lipinski definition) is 1. The van der Waals surface area contributed by atoms with Crippen LogP contribution in [0.4, 0.5) is 10.1 Å². The minimum atomic E-state index is -0.314. The van der Waals surface area contributed by atoms with Gasteiger partial charge < -0.3 is 5.32 Å². The van der Waals surface area contributed by atoms with Gasteiger partial charge in [-0.05, 0) is 40.0 Å². The van der Waals surface area contributed by atoms with Gasteiger partial charge in [-0.2, -0.15) is 0 Å². The highest BCUT2D eigenvalue weighted by molar-refractivity contribution is 9.10. The Kier molecular flexibility index (Phi) is 2.31. The summed E-state index contributed by atoms with van der Waals surface area (Å²) in [5.74, 6) is -0.573. The average Bonchev–Trinajstić information content (AvgIpc) is 2.41. The second-order valence-electron chi connectivity index (χ2n) is 3.30. The zero-order chi connectivity index (χ0) is 10.3. The van der Waals surface area contributed by atoms with Gasteiger partial charge in [0.1, 0.15) is 5.82 Å². The van der Waals surface area contributed by atoms with Crippen LogP contribution in [0.3, 0.4) is 0 Å². The standard InChI is InChI=1S/C10H9BrFNO/c1-2-6-7-3-5(12)4-8(11)9(7)13-10(6)14/h3-4,6H,2H2,1H3,(H,13,14). The number of carbonyl (C=O) groups is 1. The molecule has 1 aromatic rings. The van der Waals surface area contributed by atoms with Crippen LogP contribution in [-0.4, -0.2) is 5.91 Å². The Balaban J connectivity index is 2.58. The first-order chi connectivity index (χ1) is 6.63. The van der Waals surface area contributed by atoms with Gasteiger partial charge >= 0.3 is 0 Å². The molecule has 4 heteroatoms. The minimum absolute atomic E-state index is 0.0474. The largest absolute Gasteiger partial charge is 0.324 e. The molecular weight excluding hydrogens is 249 g/mol. The Bertz CT molecular complexity index is 405. The third-order valence-corrected chi connectivity index (χ3v) is 3.06. The summed E-state index contributed by atoms with van der Waals surface area (Å²) in [7, 11) is 0. The van der Waals surface area contributed by atoms with Gasteiger partial charge in [0.15, 0.2) is 0 Å². The Hall–Kier alpha value is -0.900. The maximum absolute atomic E-state index is 13.1. The number of anilines is 1. The van der Waals surface area contributed by atoms with E-state index in [0.29, 0.717) is 16.6 Å². The second kappa shape index (κ2) is 3.35. The summed E-state index contributed by atoms with van der Waals surface area (Å²) in [5.41, 5.74) is 1.47. The third kappa shape index (κ3) is 1.34. The molecule has 0 aromatic heterocycles. The second-order valence-corrected chi connectivity index (χ2v) is 4.16. The van der Waals surface area contributed by atoms with Gasteiger partial charge in [-0.3, -0.25) is 4.79 Å². The monoisotopic (exact) mass is 257 g/mol. The lowest BCUT2D eigenvalue weighted by Crippen LogP contribution is -2.10. The van der Waals surface area contributed by atoms with Crippen LogP contribution in [0, 0.1) is 5.82 Å². The van der Waals surface area contributed by atoms with Gasteiger partial charge in [-0.25, -0.2) is 4.39 Å². The van der Waals surface area contributed by atoms with Crippen molar-refractivity contribution < 1.29 is 9.18 Å². The van der Waals surface area contributed by atoms with E-state index in [1.54, 1.807) is 0 Å². The van der Waals surface area contributed by atoms with Crippen molar-refractivity contribution in [2.45, 2.75) is 19.3 Å². The van der Waals surface area contributed by atoms with Gasteiger partial charge in [-0.15, -0.1) is 0 Å². The first-order valence-electron chi connectivity index (χ1n) is 4.43. The van der Waals surface area contributed by atoms with E-state index in [1.807, 2.05) is 6.92 Å². The van der Waals surface area contributed by atoms with Gasteiger partial charge in [0.25, 0.3) is 0 Å². The van der Waals surface area contributed by atoms with Gasteiger partial charge in [0.05, 0.1) is 11.6 Å². The quantitative estimate of drug-likeness (QED) is 0.824. The van der Waals surface area contributed by atoms with Crippen LogP contribution in [0.5, 0.6) is 0 Å². The Labute approximate surface area is 89.6 Å². The van der Waals surface area contributed by atoms with Crippen LogP contribution in [-0.2, 0) is 4.79 Å². The molecule has 2 nitrogen and oxygen atoms in total. The number of carbonyl (C=O) groups excluding carboxylic acids is 1. The summed E-state index contributed by atoms with van der Waals surface area (Å²) in [6, 6.07) is 2.78. The normalized spacial score (nSPS) is 19.4.